The Labute approximate surface area is 92.8 Å². The summed E-state index contributed by atoms with van der Waals surface area (Å²) in [4.78, 5) is 11.2. The standard InChI is InChI=1S/C11H24N2O2/c1-3-4-8-13-11(14)10-12-7-5-6-9-15-2/h12H,3-10H2,1-2H3,(H,13,14). The van der Waals surface area contributed by atoms with E-state index in [0.29, 0.717) is 6.54 Å². The van der Waals surface area contributed by atoms with Gasteiger partial charge in [0.2, 0.25) is 5.91 Å². The maximum absolute atomic E-state index is 11.2. The Kier molecular flexibility index (Phi) is 11.0. The lowest BCUT2D eigenvalue weighted by molar-refractivity contribution is -0.120. The number of rotatable bonds is 10. The van der Waals surface area contributed by atoms with Gasteiger partial charge in [0.25, 0.3) is 0 Å². The van der Waals surface area contributed by atoms with Crippen molar-refractivity contribution in [1.29, 1.82) is 0 Å². The average molecular weight is 216 g/mol. The Bertz CT molecular complexity index is 152. The minimum Gasteiger partial charge on any atom is -0.385 e. The van der Waals surface area contributed by atoms with E-state index < -0.39 is 0 Å². The summed E-state index contributed by atoms with van der Waals surface area (Å²) >= 11 is 0. The van der Waals surface area contributed by atoms with Gasteiger partial charge in [0.1, 0.15) is 0 Å². The van der Waals surface area contributed by atoms with Crippen molar-refractivity contribution in [3.05, 3.63) is 0 Å². The molecule has 4 nitrogen and oxygen atoms in total. The number of hydrogen-bond donors (Lipinski definition) is 2. The number of carbonyl (C=O) groups is 1. The molecule has 1 amide bonds. The first-order valence-electron chi connectivity index (χ1n) is 5.77. The fourth-order valence-corrected chi connectivity index (χ4v) is 1.17. The zero-order valence-electron chi connectivity index (χ0n) is 9.97. The van der Waals surface area contributed by atoms with E-state index in [1.165, 1.54) is 0 Å². The second kappa shape index (κ2) is 11.5. The molecule has 0 aliphatic heterocycles. The van der Waals surface area contributed by atoms with Gasteiger partial charge in [0.15, 0.2) is 0 Å². The van der Waals surface area contributed by atoms with Gasteiger partial charge < -0.3 is 15.4 Å². The molecular formula is C11H24N2O2. The first-order chi connectivity index (χ1) is 7.31. The van der Waals surface area contributed by atoms with Gasteiger partial charge in [0, 0.05) is 20.3 Å². The van der Waals surface area contributed by atoms with Crippen molar-refractivity contribution < 1.29 is 9.53 Å². The Morgan fingerprint density at radius 1 is 1.20 bits per heavy atom. The SMILES string of the molecule is CCCCNC(=O)CNCCCCOC. The molecule has 0 atom stereocenters. The third-order valence-electron chi connectivity index (χ3n) is 2.09. The van der Waals surface area contributed by atoms with Crippen LogP contribution in [0.4, 0.5) is 0 Å². The fourth-order valence-electron chi connectivity index (χ4n) is 1.17. The van der Waals surface area contributed by atoms with Crippen molar-refractivity contribution in [1.82, 2.24) is 10.6 Å². The maximum atomic E-state index is 11.2. The summed E-state index contributed by atoms with van der Waals surface area (Å²) in [6, 6.07) is 0. The molecule has 0 bridgehead atoms. The minimum absolute atomic E-state index is 0.0928. The van der Waals surface area contributed by atoms with Gasteiger partial charge in [-0.15, -0.1) is 0 Å². The summed E-state index contributed by atoms with van der Waals surface area (Å²) in [5, 5.41) is 5.96. The molecule has 0 aliphatic rings. The van der Waals surface area contributed by atoms with Crippen LogP contribution < -0.4 is 10.6 Å². The molecule has 4 heteroatoms. The number of hydrogen-bond acceptors (Lipinski definition) is 3. The van der Waals surface area contributed by atoms with Gasteiger partial charge in [-0.05, 0) is 25.8 Å². The van der Waals surface area contributed by atoms with Crippen molar-refractivity contribution in [3.8, 4) is 0 Å². The van der Waals surface area contributed by atoms with Crippen LogP contribution in [0.5, 0.6) is 0 Å². The molecule has 0 aromatic heterocycles. The van der Waals surface area contributed by atoms with Crippen LogP contribution in [0.2, 0.25) is 0 Å². The van der Waals surface area contributed by atoms with Gasteiger partial charge >= 0.3 is 0 Å². The molecular weight excluding hydrogens is 192 g/mol. The van der Waals surface area contributed by atoms with Crippen LogP contribution in [0, 0.1) is 0 Å². The van der Waals surface area contributed by atoms with Crippen molar-refractivity contribution in [2.45, 2.75) is 32.6 Å². The molecule has 0 aliphatic carbocycles. The van der Waals surface area contributed by atoms with Crippen LogP contribution >= 0.6 is 0 Å². The number of unbranched alkanes of at least 4 members (excludes halogenated alkanes) is 2. The number of ether oxygens (including phenoxy) is 1. The lowest BCUT2D eigenvalue weighted by Gasteiger charge is -2.05. The molecule has 2 N–H and O–H groups in total. The van der Waals surface area contributed by atoms with E-state index in [4.69, 9.17) is 4.74 Å². The largest absolute Gasteiger partial charge is 0.385 e. The highest BCUT2D eigenvalue weighted by Crippen LogP contribution is 1.86. The molecule has 0 rings (SSSR count). The lowest BCUT2D eigenvalue weighted by atomic mass is 10.3. The molecule has 15 heavy (non-hydrogen) atoms. The van der Waals surface area contributed by atoms with Crippen molar-refractivity contribution >= 4 is 5.91 Å². The van der Waals surface area contributed by atoms with Crippen LogP contribution in [-0.2, 0) is 9.53 Å². The fraction of sp³-hybridized carbons (Fsp3) is 0.909. The smallest absolute Gasteiger partial charge is 0.233 e. The minimum atomic E-state index is 0.0928. The number of carbonyl (C=O) groups excluding carboxylic acids is 1. The van der Waals surface area contributed by atoms with Gasteiger partial charge in [0.05, 0.1) is 6.54 Å². The predicted molar refractivity (Wildman–Crippen MR) is 61.9 cm³/mol. The van der Waals surface area contributed by atoms with Gasteiger partial charge in [-0.25, -0.2) is 0 Å². The zero-order valence-corrected chi connectivity index (χ0v) is 9.97. The lowest BCUT2D eigenvalue weighted by Crippen LogP contribution is -2.34. The highest BCUT2D eigenvalue weighted by molar-refractivity contribution is 5.77. The Morgan fingerprint density at radius 2 is 2.00 bits per heavy atom. The van der Waals surface area contributed by atoms with Crippen LogP contribution in [-0.4, -0.2) is 39.3 Å². The van der Waals surface area contributed by atoms with E-state index in [2.05, 4.69) is 17.6 Å². The summed E-state index contributed by atoms with van der Waals surface area (Å²) in [5.74, 6) is 0.0928. The summed E-state index contributed by atoms with van der Waals surface area (Å²) in [7, 11) is 1.70. The molecule has 0 unspecified atom stereocenters. The van der Waals surface area contributed by atoms with E-state index in [-0.39, 0.29) is 5.91 Å². The average Bonchev–Trinajstić information content (AvgIpc) is 2.23. The number of nitrogens with one attached hydrogen (secondary N) is 2. The second-order valence-corrected chi connectivity index (χ2v) is 3.58. The molecule has 90 valence electrons. The van der Waals surface area contributed by atoms with Crippen LogP contribution in [0.15, 0.2) is 0 Å². The third kappa shape index (κ3) is 11.3. The third-order valence-corrected chi connectivity index (χ3v) is 2.09. The maximum Gasteiger partial charge on any atom is 0.233 e. The topological polar surface area (TPSA) is 50.4 Å². The molecule has 0 heterocycles. The first-order valence-corrected chi connectivity index (χ1v) is 5.77. The van der Waals surface area contributed by atoms with Crippen molar-refractivity contribution in [2.24, 2.45) is 0 Å². The predicted octanol–water partition coefficient (Wildman–Crippen LogP) is 0.919. The molecule has 0 aromatic carbocycles. The van der Waals surface area contributed by atoms with E-state index >= 15 is 0 Å². The summed E-state index contributed by atoms with van der Waals surface area (Å²) in [5.41, 5.74) is 0. The van der Waals surface area contributed by atoms with E-state index in [0.717, 1.165) is 45.4 Å². The van der Waals surface area contributed by atoms with Crippen molar-refractivity contribution in [3.63, 3.8) is 0 Å². The summed E-state index contributed by atoms with van der Waals surface area (Å²) < 4.78 is 4.93. The zero-order chi connectivity index (χ0) is 11.4. The number of amides is 1. The quantitative estimate of drug-likeness (QED) is 0.534. The van der Waals surface area contributed by atoms with E-state index in [1.807, 2.05) is 0 Å². The Hall–Kier alpha value is -0.610. The Morgan fingerprint density at radius 3 is 2.67 bits per heavy atom. The summed E-state index contributed by atoms with van der Waals surface area (Å²) in [6.45, 7) is 5.01. The molecule has 0 fully saturated rings. The monoisotopic (exact) mass is 216 g/mol. The number of methoxy groups -OCH3 is 1. The van der Waals surface area contributed by atoms with Gasteiger partial charge in [-0.1, -0.05) is 13.3 Å². The van der Waals surface area contributed by atoms with Gasteiger partial charge in [-0.3, -0.25) is 4.79 Å². The first kappa shape index (κ1) is 14.4. The molecule has 0 radical (unpaired) electrons. The molecule has 0 saturated heterocycles. The molecule has 0 spiro atoms. The van der Waals surface area contributed by atoms with E-state index in [1.54, 1.807) is 7.11 Å². The van der Waals surface area contributed by atoms with Crippen molar-refractivity contribution in [2.75, 3.05) is 33.4 Å². The normalized spacial score (nSPS) is 10.3. The van der Waals surface area contributed by atoms with Crippen LogP contribution in [0.3, 0.4) is 0 Å². The molecule has 0 saturated carbocycles. The van der Waals surface area contributed by atoms with Crippen LogP contribution in [0.25, 0.3) is 0 Å². The molecule has 0 aromatic rings. The summed E-state index contributed by atoms with van der Waals surface area (Å²) in [6.07, 6.45) is 4.27. The van der Waals surface area contributed by atoms with Gasteiger partial charge in [-0.2, -0.15) is 0 Å². The highest BCUT2D eigenvalue weighted by atomic mass is 16.5. The van der Waals surface area contributed by atoms with Crippen LogP contribution in [0.1, 0.15) is 32.6 Å². The second-order valence-electron chi connectivity index (χ2n) is 3.58. The van der Waals surface area contributed by atoms with E-state index in [9.17, 15) is 4.79 Å². The highest BCUT2D eigenvalue weighted by Gasteiger charge is 1.98. The Balaban J connectivity index is 3.10.